The van der Waals surface area contributed by atoms with Gasteiger partial charge in [-0.05, 0) is 42.9 Å². The Morgan fingerprint density at radius 2 is 1.48 bits per heavy atom. The molecular formula is C24H40F3NO2S. The second-order valence-corrected chi connectivity index (χ2v) is 12.2. The van der Waals surface area contributed by atoms with Gasteiger partial charge in [-0.2, -0.15) is 0 Å². The van der Waals surface area contributed by atoms with Crippen molar-refractivity contribution in [1.82, 2.24) is 4.90 Å². The first-order chi connectivity index (χ1) is 14.9. The molecule has 0 N–H and O–H groups in total. The SMILES string of the molecule is O=S1CCN(CC(C2CCCCC2)C2CCCCC2)C1C1CCCC(OC(F)(F)F)C1. The van der Waals surface area contributed by atoms with E-state index >= 15 is 0 Å². The van der Waals surface area contributed by atoms with Gasteiger partial charge in [0, 0.05) is 29.6 Å². The third kappa shape index (κ3) is 6.47. The van der Waals surface area contributed by atoms with Crippen LogP contribution < -0.4 is 0 Å². The van der Waals surface area contributed by atoms with Gasteiger partial charge in [0.05, 0.1) is 11.5 Å². The van der Waals surface area contributed by atoms with E-state index in [-0.39, 0.29) is 11.3 Å². The van der Waals surface area contributed by atoms with Crippen molar-refractivity contribution in [1.29, 1.82) is 0 Å². The highest BCUT2D eigenvalue weighted by Crippen LogP contribution is 2.43. The minimum absolute atomic E-state index is 0.0581. The maximum absolute atomic E-state index is 13.0. The zero-order valence-electron chi connectivity index (χ0n) is 18.8. The van der Waals surface area contributed by atoms with E-state index in [4.69, 9.17) is 0 Å². The van der Waals surface area contributed by atoms with Crippen LogP contribution in [0, 0.1) is 23.7 Å². The van der Waals surface area contributed by atoms with Gasteiger partial charge in [-0.25, -0.2) is 0 Å². The van der Waals surface area contributed by atoms with Gasteiger partial charge in [0.25, 0.3) is 0 Å². The second-order valence-electron chi connectivity index (χ2n) is 10.5. The van der Waals surface area contributed by atoms with Gasteiger partial charge in [0.2, 0.25) is 0 Å². The topological polar surface area (TPSA) is 29.5 Å². The van der Waals surface area contributed by atoms with Crippen LogP contribution in [0.3, 0.4) is 0 Å². The molecule has 1 heterocycles. The van der Waals surface area contributed by atoms with Crippen LogP contribution in [0.4, 0.5) is 13.2 Å². The Morgan fingerprint density at radius 1 is 0.871 bits per heavy atom. The van der Waals surface area contributed by atoms with E-state index in [1.54, 1.807) is 0 Å². The van der Waals surface area contributed by atoms with Crippen LogP contribution in [0.2, 0.25) is 0 Å². The first-order valence-corrected chi connectivity index (χ1v) is 14.1. The molecule has 4 unspecified atom stereocenters. The van der Waals surface area contributed by atoms with E-state index in [1.165, 1.54) is 64.2 Å². The number of nitrogens with zero attached hydrogens (tertiary/aromatic N) is 1. The maximum atomic E-state index is 13.0. The van der Waals surface area contributed by atoms with E-state index in [1.807, 2.05) is 0 Å². The Bertz CT molecular complexity index is 572. The van der Waals surface area contributed by atoms with Gasteiger partial charge < -0.3 is 0 Å². The summed E-state index contributed by atoms with van der Waals surface area (Å²) in [5.41, 5.74) is 0. The molecule has 0 bridgehead atoms. The number of rotatable bonds is 6. The monoisotopic (exact) mass is 463 g/mol. The van der Waals surface area contributed by atoms with Gasteiger partial charge in [-0.3, -0.25) is 13.8 Å². The zero-order chi connectivity index (χ0) is 21.8. The predicted molar refractivity (Wildman–Crippen MR) is 118 cm³/mol. The average molecular weight is 464 g/mol. The molecule has 4 rings (SSSR count). The van der Waals surface area contributed by atoms with Gasteiger partial charge >= 0.3 is 6.36 Å². The zero-order valence-corrected chi connectivity index (χ0v) is 19.6. The van der Waals surface area contributed by atoms with E-state index in [0.717, 1.165) is 37.8 Å². The third-order valence-corrected chi connectivity index (χ3v) is 10.3. The van der Waals surface area contributed by atoms with Crippen LogP contribution in [-0.4, -0.2) is 45.8 Å². The molecule has 4 atom stereocenters. The summed E-state index contributed by atoms with van der Waals surface area (Å²) >= 11 is 0. The molecule has 1 aliphatic heterocycles. The van der Waals surface area contributed by atoms with Crippen LogP contribution in [0.25, 0.3) is 0 Å². The fourth-order valence-corrected chi connectivity index (χ4v) is 9.00. The number of alkyl halides is 3. The molecule has 0 aromatic rings. The summed E-state index contributed by atoms with van der Waals surface area (Å²) in [6.45, 7) is 1.85. The molecule has 0 amide bonds. The smallest absolute Gasteiger partial charge is 0.289 e. The van der Waals surface area contributed by atoms with Crippen molar-refractivity contribution >= 4 is 10.8 Å². The second kappa shape index (κ2) is 10.9. The van der Waals surface area contributed by atoms with Crippen LogP contribution in [0.1, 0.15) is 89.9 Å². The lowest BCUT2D eigenvalue weighted by atomic mass is 9.69. The minimum atomic E-state index is -4.58. The first kappa shape index (κ1) is 24.0. The van der Waals surface area contributed by atoms with Crippen LogP contribution >= 0.6 is 0 Å². The van der Waals surface area contributed by atoms with Crippen molar-refractivity contribution in [3.63, 3.8) is 0 Å². The average Bonchev–Trinajstić information content (AvgIpc) is 3.12. The van der Waals surface area contributed by atoms with Gasteiger partial charge in [0.1, 0.15) is 0 Å². The molecule has 1 saturated heterocycles. The van der Waals surface area contributed by atoms with Gasteiger partial charge in [0.15, 0.2) is 0 Å². The molecule has 0 spiro atoms. The predicted octanol–water partition coefficient (Wildman–Crippen LogP) is 6.25. The van der Waals surface area contributed by atoms with E-state index in [9.17, 15) is 17.4 Å². The molecule has 0 aromatic carbocycles. The quantitative estimate of drug-likeness (QED) is 0.466. The highest BCUT2D eigenvalue weighted by Gasteiger charge is 2.44. The number of halogens is 3. The molecule has 4 aliphatic rings. The highest BCUT2D eigenvalue weighted by molar-refractivity contribution is 7.85. The number of hydrogen-bond donors (Lipinski definition) is 0. The minimum Gasteiger partial charge on any atom is -0.289 e. The molecule has 4 fully saturated rings. The molecular weight excluding hydrogens is 423 g/mol. The lowest BCUT2D eigenvalue weighted by Gasteiger charge is -2.42. The van der Waals surface area contributed by atoms with Crippen LogP contribution in [0.15, 0.2) is 0 Å². The molecule has 180 valence electrons. The Hall–Kier alpha value is -0.140. The Morgan fingerprint density at radius 3 is 2.06 bits per heavy atom. The van der Waals surface area contributed by atoms with Crippen molar-refractivity contribution in [2.24, 2.45) is 23.7 Å². The number of hydrogen-bond acceptors (Lipinski definition) is 3. The largest absolute Gasteiger partial charge is 0.522 e. The fourth-order valence-electron chi connectivity index (χ4n) is 7.14. The molecule has 7 heteroatoms. The molecule has 3 aliphatic carbocycles. The first-order valence-electron chi connectivity index (χ1n) is 12.8. The molecule has 3 nitrogen and oxygen atoms in total. The van der Waals surface area contributed by atoms with Crippen molar-refractivity contribution in [2.45, 2.75) is 108 Å². The summed E-state index contributed by atoms with van der Waals surface area (Å²) < 4.78 is 55.8. The fraction of sp³-hybridized carbons (Fsp3) is 1.00. The normalized spacial score (nSPS) is 35.1. The lowest BCUT2D eigenvalue weighted by Crippen LogP contribution is -2.46. The van der Waals surface area contributed by atoms with E-state index in [0.29, 0.717) is 24.5 Å². The van der Waals surface area contributed by atoms with Crippen molar-refractivity contribution in [2.75, 3.05) is 18.8 Å². The van der Waals surface area contributed by atoms with Gasteiger partial charge in [-0.1, -0.05) is 70.6 Å². The lowest BCUT2D eigenvalue weighted by molar-refractivity contribution is -0.346. The maximum Gasteiger partial charge on any atom is 0.522 e. The summed E-state index contributed by atoms with van der Waals surface area (Å²) in [7, 11) is -0.963. The summed E-state index contributed by atoms with van der Waals surface area (Å²) in [6.07, 6.45) is 10.5. The molecule has 0 aromatic heterocycles. The standard InChI is InChI=1S/C24H40F3NO2S/c25-24(26,27)30-21-13-7-12-20(16-21)23-28(14-15-31(23)29)17-22(18-8-3-1-4-9-18)19-10-5-2-6-11-19/h18-23H,1-17H2. The van der Waals surface area contributed by atoms with Gasteiger partial charge in [-0.15, -0.1) is 13.2 Å². The van der Waals surface area contributed by atoms with Crippen LogP contribution in [0.5, 0.6) is 0 Å². The summed E-state index contributed by atoms with van der Waals surface area (Å²) in [5.74, 6) is 2.96. The van der Waals surface area contributed by atoms with E-state index < -0.39 is 23.3 Å². The Balaban J connectivity index is 1.45. The van der Waals surface area contributed by atoms with Crippen molar-refractivity contribution in [3.8, 4) is 0 Å². The van der Waals surface area contributed by atoms with E-state index in [2.05, 4.69) is 9.64 Å². The third-order valence-electron chi connectivity index (χ3n) is 8.54. The summed E-state index contributed by atoms with van der Waals surface area (Å²) in [5, 5.41) is -0.0747. The summed E-state index contributed by atoms with van der Waals surface area (Å²) in [6, 6.07) is 0. The summed E-state index contributed by atoms with van der Waals surface area (Å²) in [4.78, 5) is 2.45. The molecule has 31 heavy (non-hydrogen) atoms. The molecule has 3 saturated carbocycles. The van der Waals surface area contributed by atoms with Crippen molar-refractivity contribution in [3.05, 3.63) is 0 Å². The van der Waals surface area contributed by atoms with Crippen LogP contribution in [-0.2, 0) is 15.5 Å². The Kier molecular flexibility index (Phi) is 8.41. The number of ether oxygens (including phenoxy) is 1. The Labute approximate surface area is 188 Å². The molecule has 0 radical (unpaired) electrons. The highest BCUT2D eigenvalue weighted by atomic mass is 32.2. The van der Waals surface area contributed by atoms with Crippen molar-refractivity contribution < 1.29 is 22.1 Å².